The lowest BCUT2D eigenvalue weighted by Gasteiger charge is -2.17. The van der Waals surface area contributed by atoms with Gasteiger partial charge in [-0.2, -0.15) is 0 Å². The summed E-state index contributed by atoms with van der Waals surface area (Å²) in [5.74, 6) is 0.231. The van der Waals surface area contributed by atoms with Gasteiger partial charge in [0.1, 0.15) is 0 Å². The summed E-state index contributed by atoms with van der Waals surface area (Å²) in [6.07, 6.45) is 0.600. The molecule has 1 N–H and O–H groups in total. The van der Waals surface area contributed by atoms with E-state index in [-0.39, 0.29) is 5.78 Å². The number of rotatable bonds is 0. The van der Waals surface area contributed by atoms with E-state index in [1.807, 2.05) is 19.1 Å². The second kappa shape index (κ2) is 3.14. The van der Waals surface area contributed by atoms with Crippen LogP contribution in [0.25, 0.3) is 0 Å². The minimum atomic E-state index is 0.231. The second-order valence-corrected chi connectivity index (χ2v) is 4.10. The van der Waals surface area contributed by atoms with Gasteiger partial charge in [-0.3, -0.25) is 4.79 Å². The van der Waals surface area contributed by atoms with Crippen molar-refractivity contribution in [1.82, 2.24) is 0 Å². The molecule has 2 rings (SSSR count). The Morgan fingerprint density at radius 3 is 3.00 bits per heavy atom. The van der Waals surface area contributed by atoms with E-state index < -0.39 is 0 Å². The Bertz CT molecular complexity index is 373. The highest BCUT2D eigenvalue weighted by Gasteiger charge is 2.17. The third-order valence-electron chi connectivity index (χ3n) is 2.27. The maximum absolute atomic E-state index is 11.5. The first-order chi connectivity index (χ1) is 6.18. The molecule has 68 valence electrons. The molecule has 0 aliphatic carbocycles. The summed E-state index contributed by atoms with van der Waals surface area (Å²) in [6, 6.07) is 3.91. The number of anilines is 1. The molecule has 1 aromatic carbocycles. The third-order valence-corrected chi connectivity index (χ3v) is 3.12. The Morgan fingerprint density at radius 1 is 1.46 bits per heavy atom. The molecule has 2 nitrogen and oxygen atoms in total. The molecule has 0 amide bonds. The fraction of sp³-hybridized carbons (Fsp3) is 0.300. The number of hydrogen-bond donors (Lipinski definition) is 1. The summed E-state index contributed by atoms with van der Waals surface area (Å²) < 4.78 is 1.00. The molecule has 0 bridgehead atoms. The molecule has 0 atom stereocenters. The molecule has 0 unspecified atom stereocenters. The van der Waals surface area contributed by atoms with E-state index in [1.165, 1.54) is 0 Å². The number of carbonyl (C=O) groups is 1. The van der Waals surface area contributed by atoms with Gasteiger partial charge in [-0.05, 0) is 24.6 Å². The average molecular weight is 240 g/mol. The lowest BCUT2D eigenvalue weighted by molar-refractivity contribution is 0.0983. The Labute approximate surface area is 85.5 Å². The van der Waals surface area contributed by atoms with E-state index in [4.69, 9.17) is 0 Å². The van der Waals surface area contributed by atoms with Gasteiger partial charge in [0.05, 0.1) is 0 Å². The second-order valence-electron chi connectivity index (χ2n) is 3.25. The van der Waals surface area contributed by atoms with Crippen LogP contribution in [0.5, 0.6) is 0 Å². The summed E-state index contributed by atoms with van der Waals surface area (Å²) in [5.41, 5.74) is 2.93. The Morgan fingerprint density at radius 2 is 2.23 bits per heavy atom. The summed E-state index contributed by atoms with van der Waals surface area (Å²) >= 11 is 3.42. The summed E-state index contributed by atoms with van der Waals surface area (Å²) in [7, 11) is 0. The van der Waals surface area contributed by atoms with Gasteiger partial charge in [0.2, 0.25) is 0 Å². The SMILES string of the molecule is Cc1cc2c(cc1Br)C(=O)CCN2. The quantitative estimate of drug-likeness (QED) is 0.755. The van der Waals surface area contributed by atoms with E-state index in [0.717, 1.165) is 27.8 Å². The molecular weight excluding hydrogens is 230 g/mol. The third kappa shape index (κ3) is 1.48. The zero-order valence-corrected chi connectivity index (χ0v) is 8.94. The first-order valence-electron chi connectivity index (χ1n) is 4.25. The first kappa shape index (κ1) is 8.75. The van der Waals surface area contributed by atoms with Gasteiger partial charge in [-0.15, -0.1) is 0 Å². The molecule has 3 heteroatoms. The van der Waals surface area contributed by atoms with Gasteiger partial charge >= 0.3 is 0 Å². The van der Waals surface area contributed by atoms with Crippen molar-refractivity contribution in [2.45, 2.75) is 13.3 Å². The van der Waals surface area contributed by atoms with E-state index in [1.54, 1.807) is 0 Å². The van der Waals surface area contributed by atoms with Crippen molar-refractivity contribution in [3.8, 4) is 0 Å². The molecule has 0 saturated heterocycles. The van der Waals surface area contributed by atoms with Crippen molar-refractivity contribution in [2.75, 3.05) is 11.9 Å². The number of aryl methyl sites for hydroxylation is 1. The molecule has 0 aromatic heterocycles. The molecular formula is C10H10BrNO. The highest BCUT2D eigenvalue weighted by molar-refractivity contribution is 9.10. The van der Waals surface area contributed by atoms with Crippen LogP contribution < -0.4 is 5.32 Å². The summed E-state index contributed by atoms with van der Waals surface area (Å²) in [5, 5.41) is 3.22. The lowest BCUT2D eigenvalue weighted by Crippen LogP contribution is -2.17. The van der Waals surface area contributed by atoms with Crippen molar-refractivity contribution in [3.63, 3.8) is 0 Å². The van der Waals surface area contributed by atoms with E-state index in [0.29, 0.717) is 6.42 Å². The maximum Gasteiger partial charge on any atom is 0.166 e. The molecule has 1 heterocycles. The predicted molar refractivity (Wildman–Crippen MR) is 56.3 cm³/mol. The van der Waals surface area contributed by atoms with Crippen LogP contribution in [0.4, 0.5) is 5.69 Å². The Kier molecular flexibility index (Phi) is 2.12. The van der Waals surface area contributed by atoms with Gasteiger partial charge in [-0.1, -0.05) is 15.9 Å². The summed E-state index contributed by atoms with van der Waals surface area (Å²) in [6.45, 7) is 2.78. The maximum atomic E-state index is 11.5. The fourth-order valence-corrected chi connectivity index (χ4v) is 1.85. The van der Waals surface area contributed by atoms with Gasteiger partial charge < -0.3 is 5.32 Å². The molecule has 13 heavy (non-hydrogen) atoms. The number of fused-ring (bicyclic) bond motifs is 1. The molecule has 1 aromatic rings. The van der Waals surface area contributed by atoms with Crippen molar-refractivity contribution < 1.29 is 4.79 Å². The normalized spacial score (nSPS) is 15.1. The molecule has 0 fully saturated rings. The van der Waals surface area contributed by atoms with Gasteiger partial charge in [-0.25, -0.2) is 0 Å². The predicted octanol–water partition coefficient (Wildman–Crippen LogP) is 2.76. The number of hydrogen-bond acceptors (Lipinski definition) is 2. The monoisotopic (exact) mass is 239 g/mol. The minimum absolute atomic E-state index is 0.231. The van der Waals surface area contributed by atoms with Crippen LogP contribution >= 0.6 is 15.9 Å². The van der Waals surface area contributed by atoms with Crippen LogP contribution in [0, 0.1) is 6.92 Å². The molecule has 0 spiro atoms. The number of halogens is 1. The number of benzene rings is 1. The van der Waals surface area contributed by atoms with E-state index in [2.05, 4.69) is 21.2 Å². The molecule has 0 saturated carbocycles. The van der Waals surface area contributed by atoms with Crippen LogP contribution in [0.3, 0.4) is 0 Å². The highest BCUT2D eigenvalue weighted by Crippen LogP contribution is 2.28. The van der Waals surface area contributed by atoms with E-state index >= 15 is 0 Å². The van der Waals surface area contributed by atoms with Crippen LogP contribution in [-0.4, -0.2) is 12.3 Å². The highest BCUT2D eigenvalue weighted by atomic mass is 79.9. The van der Waals surface area contributed by atoms with Gasteiger partial charge in [0.15, 0.2) is 5.78 Å². The van der Waals surface area contributed by atoms with Crippen LogP contribution in [0.1, 0.15) is 22.3 Å². The fourth-order valence-electron chi connectivity index (χ4n) is 1.50. The van der Waals surface area contributed by atoms with Gasteiger partial charge in [0.25, 0.3) is 0 Å². The van der Waals surface area contributed by atoms with Crippen LogP contribution in [0.2, 0.25) is 0 Å². The zero-order valence-electron chi connectivity index (χ0n) is 7.36. The number of nitrogens with one attached hydrogen (secondary N) is 1. The molecule has 0 radical (unpaired) electrons. The smallest absolute Gasteiger partial charge is 0.166 e. The average Bonchev–Trinajstić information content (AvgIpc) is 2.09. The topological polar surface area (TPSA) is 29.1 Å². The zero-order chi connectivity index (χ0) is 9.42. The number of ketones is 1. The van der Waals surface area contributed by atoms with Crippen LogP contribution in [0.15, 0.2) is 16.6 Å². The van der Waals surface area contributed by atoms with Crippen molar-refractivity contribution in [1.29, 1.82) is 0 Å². The standard InChI is InChI=1S/C10H10BrNO/c1-6-4-9-7(5-8(6)11)10(13)2-3-12-9/h4-5,12H,2-3H2,1H3. The Balaban J connectivity index is 2.58. The van der Waals surface area contributed by atoms with Crippen molar-refractivity contribution >= 4 is 27.4 Å². The van der Waals surface area contributed by atoms with Crippen LogP contribution in [-0.2, 0) is 0 Å². The summed E-state index contributed by atoms with van der Waals surface area (Å²) in [4.78, 5) is 11.5. The lowest BCUT2D eigenvalue weighted by atomic mass is 10.0. The first-order valence-corrected chi connectivity index (χ1v) is 5.05. The molecule has 1 aliphatic rings. The Hall–Kier alpha value is -0.830. The van der Waals surface area contributed by atoms with Gasteiger partial charge in [0, 0.05) is 28.7 Å². The number of Topliss-reactive ketones (excluding diaryl/α,β-unsaturated/α-hetero) is 1. The van der Waals surface area contributed by atoms with Crippen molar-refractivity contribution in [3.05, 3.63) is 27.7 Å². The largest absolute Gasteiger partial charge is 0.384 e. The molecule has 1 aliphatic heterocycles. The number of carbonyl (C=O) groups excluding carboxylic acids is 1. The van der Waals surface area contributed by atoms with Crippen molar-refractivity contribution in [2.24, 2.45) is 0 Å². The van der Waals surface area contributed by atoms with E-state index in [9.17, 15) is 4.79 Å². The minimum Gasteiger partial charge on any atom is -0.384 e.